The van der Waals surface area contributed by atoms with Crippen LogP contribution in [-0.2, 0) is 14.3 Å². The first kappa shape index (κ1) is 21.7. The number of carbonyl (C=O) groups is 1. The third kappa shape index (κ3) is 8.17. The predicted molar refractivity (Wildman–Crippen MR) is 99.4 cm³/mol. The number of ether oxygens (including phenoxy) is 2. The average molecular weight is 362 g/mol. The van der Waals surface area contributed by atoms with Crippen molar-refractivity contribution < 1.29 is 14.3 Å². The van der Waals surface area contributed by atoms with Gasteiger partial charge < -0.3 is 14.4 Å². The SMILES string of the molecule is CCCCCN(CC1OCC(CCCC)O1)C(=O)C(Cl)CCCC. The van der Waals surface area contributed by atoms with E-state index in [1.807, 2.05) is 4.90 Å². The highest BCUT2D eigenvalue weighted by atomic mass is 35.5. The molecule has 0 bridgehead atoms. The maximum atomic E-state index is 12.7. The van der Waals surface area contributed by atoms with Crippen molar-refractivity contribution >= 4 is 17.5 Å². The van der Waals surface area contributed by atoms with Gasteiger partial charge in [0.15, 0.2) is 6.29 Å². The largest absolute Gasteiger partial charge is 0.348 e. The maximum Gasteiger partial charge on any atom is 0.240 e. The van der Waals surface area contributed by atoms with Gasteiger partial charge in [0.25, 0.3) is 0 Å². The summed E-state index contributed by atoms with van der Waals surface area (Å²) in [5.74, 6) is 0.0328. The van der Waals surface area contributed by atoms with Gasteiger partial charge in [0.05, 0.1) is 19.3 Å². The van der Waals surface area contributed by atoms with Crippen LogP contribution in [0.2, 0.25) is 0 Å². The molecule has 0 aromatic carbocycles. The van der Waals surface area contributed by atoms with Gasteiger partial charge in [0.1, 0.15) is 5.38 Å². The van der Waals surface area contributed by atoms with Crippen molar-refractivity contribution in [3.8, 4) is 0 Å². The summed E-state index contributed by atoms with van der Waals surface area (Å²) in [6.45, 7) is 8.34. The summed E-state index contributed by atoms with van der Waals surface area (Å²) in [5, 5.41) is -0.427. The number of unbranched alkanes of at least 4 members (excludes halogenated alkanes) is 4. The standard InChI is InChI=1S/C19H36ClNO3/c1-4-7-10-13-21(19(22)17(20)12-9-6-3)14-18-23-15-16(24-18)11-8-5-2/h16-18H,4-15H2,1-3H3. The molecule has 0 aromatic heterocycles. The third-order valence-corrected chi connectivity index (χ3v) is 4.89. The van der Waals surface area contributed by atoms with Crippen LogP contribution in [0.15, 0.2) is 0 Å². The van der Waals surface area contributed by atoms with Gasteiger partial charge in [-0.3, -0.25) is 4.79 Å². The first-order valence-corrected chi connectivity index (χ1v) is 10.3. The highest BCUT2D eigenvalue weighted by Crippen LogP contribution is 2.19. The fourth-order valence-corrected chi connectivity index (χ4v) is 3.21. The van der Waals surface area contributed by atoms with Crippen LogP contribution >= 0.6 is 11.6 Å². The molecule has 1 amide bonds. The van der Waals surface area contributed by atoms with Crippen molar-refractivity contribution in [1.82, 2.24) is 4.90 Å². The lowest BCUT2D eigenvalue weighted by atomic mass is 10.1. The summed E-state index contributed by atoms with van der Waals surface area (Å²) in [7, 11) is 0. The molecule has 0 N–H and O–H groups in total. The van der Waals surface area contributed by atoms with Gasteiger partial charge in [-0.1, -0.05) is 59.3 Å². The Kier molecular flexibility index (Phi) is 11.7. The Morgan fingerprint density at radius 1 is 1.12 bits per heavy atom. The van der Waals surface area contributed by atoms with E-state index in [1.54, 1.807) is 0 Å². The Morgan fingerprint density at radius 3 is 2.50 bits per heavy atom. The molecular weight excluding hydrogens is 326 g/mol. The lowest BCUT2D eigenvalue weighted by Gasteiger charge is -2.27. The van der Waals surface area contributed by atoms with Crippen LogP contribution in [0.25, 0.3) is 0 Å². The number of hydrogen-bond acceptors (Lipinski definition) is 3. The number of amides is 1. The van der Waals surface area contributed by atoms with Crippen molar-refractivity contribution in [3.05, 3.63) is 0 Å². The van der Waals surface area contributed by atoms with E-state index in [0.29, 0.717) is 13.2 Å². The highest BCUT2D eigenvalue weighted by molar-refractivity contribution is 6.30. The van der Waals surface area contributed by atoms with Gasteiger partial charge >= 0.3 is 0 Å². The van der Waals surface area contributed by atoms with E-state index in [-0.39, 0.29) is 18.3 Å². The molecule has 3 atom stereocenters. The Hall–Kier alpha value is -0.320. The number of carbonyl (C=O) groups excluding carboxylic acids is 1. The zero-order chi connectivity index (χ0) is 17.8. The number of alkyl halides is 1. The summed E-state index contributed by atoms with van der Waals surface area (Å²) >= 11 is 6.33. The van der Waals surface area contributed by atoms with E-state index >= 15 is 0 Å². The Bertz CT molecular complexity index is 341. The molecule has 4 nitrogen and oxygen atoms in total. The van der Waals surface area contributed by atoms with Crippen LogP contribution in [0.3, 0.4) is 0 Å². The molecule has 1 aliphatic rings. The minimum absolute atomic E-state index is 0.0328. The number of halogens is 1. The van der Waals surface area contributed by atoms with E-state index in [4.69, 9.17) is 21.1 Å². The molecule has 0 aromatic rings. The van der Waals surface area contributed by atoms with Crippen LogP contribution < -0.4 is 0 Å². The molecule has 1 rings (SSSR count). The lowest BCUT2D eigenvalue weighted by Crippen LogP contribution is -2.42. The van der Waals surface area contributed by atoms with Gasteiger partial charge in [0, 0.05) is 6.54 Å². The van der Waals surface area contributed by atoms with E-state index in [9.17, 15) is 4.79 Å². The second kappa shape index (κ2) is 13.0. The van der Waals surface area contributed by atoms with Crippen LogP contribution in [0.1, 0.15) is 78.6 Å². The fraction of sp³-hybridized carbons (Fsp3) is 0.947. The summed E-state index contributed by atoms with van der Waals surface area (Å²) in [6, 6.07) is 0. The monoisotopic (exact) mass is 361 g/mol. The average Bonchev–Trinajstić information content (AvgIpc) is 3.03. The first-order valence-electron chi connectivity index (χ1n) is 9.82. The zero-order valence-electron chi connectivity index (χ0n) is 15.8. The molecule has 1 saturated heterocycles. The number of nitrogens with zero attached hydrogens (tertiary/aromatic N) is 1. The molecule has 1 fully saturated rings. The lowest BCUT2D eigenvalue weighted by molar-refractivity contribution is -0.138. The van der Waals surface area contributed by atoms with Crippen LogP contribution in [0, 0.1) is 0 Å². The molecule has 24 heavy (non-hydrogen) atoms. The minimum Gasteiger partial charge on any atom is -0.348 e. The smallest absolute Gasteiger partial charge is 0.240 e. The predicted octanol–water partition coefficient (Wildman–Crippen LogP) is 4.73. The van der Waals surface area contributed by atoms with Crippen molar-refractivity contribution in [2.45, 2.75) is 96.3 Å². The molecule has 3 unspecified atom stereocenters. The Balaban J connectivity index is 2.50. The van der Waals surface area contributed by atoms with Gasteiger partial charge in [0.2, 0.25) is 5.91 Å². The zero-order valence-corrected chi connectivity index (χ0v) is 16.5. The van der Waals surface area contributed by atoms with Gasteiger partial charge in [-0.05, 0) is 19.3 Å². The molecule has 5 heteroatoms. The van der Waals surface area contributed by atoms with E-state index in [1.165, 1.54) is 0 Å². The summed E-state index contributed by atoms with van der Waals surface area (Å²) in [5.41, 5.74) is 0. The maximum absolute atomic E-state index is 12.7. The van der Waals surface area contributed by atoms with E-state index in [2.05, 4.69) is 20.8 Å². The minimum atomic E-state index is -0.427. The van der Waals surface area contributed by atoms with E-state index < -0.39 is 5.38 Å². The second-order valence-electron chi connectivity index (χ2n) is 6.76. The summed E-state index contributed by atoms with van der Waals surface area (Å²) < 4.78 is 11.7. The summed E-state index contributed by atoms with van der Waals surface area (Å²) in [6.07, 6.45) is 9.27. The van der Waals surface area contributed by atoms with Crippen molar-refractivity contribution in [2.75, 3.05) is 19.7 Å². The number of rotatable bonds is 13. The fourth-order valence-electron chi connectivity index (χ4n) is 2.92. The van der Waals surface area contributed by atoms with Gasteiger partial charge in [-0.25, -0.2) is 0 Å². The molecule has 0 aliphatic carbocycles. The third-order valence-electron chi connectivity index (χ3n) is 4.48. The second-order valence-corrected chi connectivity index (χ2v) is 7.29. The molecular formula is C19H36ClNO3. The topological polar surface area (TPSA) is 38.8 Å². The van der Waals surface area contributed by atoms with E-state index in [0.717, 1.165) is 64.3 Å². The molecule has 142 valence electrons. The quantitative estimate of drug-likeness (QED) is 0.351. The highest BCUT2D eigenvalue weighted by Gasteiger charge is 2.30. The van der Waals surface area contributed by atoms with Crippen LogP contribution in [0.4, 0.5) is 0 Å². The van der Waals surface area contributed by atoms with Crippen molar-refractivity contribution in [1.29, 1.82) is 0 Å². The van der Waals surface area contributed by atoms with Gasteiger partial charge in [-0.15, -0.1) is 11.6 Å². The van der Waals surface area contributed by atoms with Crippen molar-refractivity contribution in [3.63, 3.8) is 0 Å². The van der Waals surface area contributed by atoms with Crippen LogP contribution in [0.5, 0.6) is 0 Å². The van der Waals surface area contributed by atoms with Gasteiger partial charge in [-0.2, -0.15) is 0 Å². The van der Waals surface area contributed by atoms with Crippen LogP contribution in [-0.4, -0.2) is 48.3 Å². The molecule has 0 spiro atoms. The first-order chi connectivity index (χ1) is 11.6. The normalized spacial score (nSPS) is 21.8. The summed E-state index contributed by atoms with van der Waals surface area (Å²) in [4.78, 5) is 14.5. The van der Waals surface area contributed by atoms with Crippen molar-refractivity contribution in [2.24, 2.45) is 0 Å². The Morgan fingerprint density at radius 2 is 1.83 bits per heavy atom. The number of hydrogen-bond donors (Lipinski definition) is 0. The molecule has 1 heterocycles. The molecule has 0 radical (unpaired) electrons. The Labute approximate surface area is 153 Å². The molecule has 0 saturated carbocycles. The molecule has 1 aliphatic heterocycles.